The van der Waals surface area contributed by atoms with Gasteiger partial charge in [0.2, 0.25) is 0 Å². The highest BCUT2D eigenvalue weighted by atomic mass is 79.9. The minimum absolute atomic E-state index is 0.436. The third-order valence-corrected chi connectivity index (χ3v) is 5.46. The highest BCUT2D eigenvalue weighted by Crippen LogP contribution is 2.35. The molecule has 1 heterocycles. The van der Waals surface area contributed by atoms with Crippen LogP contribution >= 0.6 is 27.7 Å². The Labute approximate surface area is 122 Å². The van der Waals surface area contributed by atoms with Crippen molar-refractivity contribution in [1.29, 1.82) is 0 Å². The molecule has 1 aromatic carbocycles. The molecule has 0 radical (unpaired) electrons. The summed E-state index contributed by atoms with van der Waals surface area (Å²) in [6.45, 7) is 7.43. The maximum Gasteiger partial charge on any atom is 0.0782 e. The summed E-state index contributed by atoms with van der Waals surface area (Å²) in [7, 11) is 0. The monoisotopic (exact) mass is 329 g/mol. The molecule has 100 valence electrons. The standard InChI is InChI=1S/C14H20BrNOS/c1-9-11(3)18-7-6-16(9)14-5-4-12(15)8-13(14)10(2)17/h4-5,8-11,17H,6-7H2,1-3H3. The molecule has 1 fully saturated rings. The molecule has 0 aliphatic carbocycles. The fourth-order valence-corrected chi connectivity index (χ4v) is 3.87. The van der Waals surface area contributed by atoms with E-state index in [1.807, 2.05) is 24.8 Å². The number of thioether (sulfide) groups is 1. The van der Waals surface area contributed by atoms with Crippen LogP contribution < -0.4 is 4.90 Å². The molecule has 0 amide bonds. The number of anilines is 1. The zero-order valence-electron chi connectivity index (χ0n) is 11.1. The molecule has 1 N–H and O–H groups in total. The van der Waals surface area contributed by atoms with Gasteiger partial charge in [-0.2, -0.15) is 11.8 Å². The summed E-state index contributed by atoms with van der Waals surface area (Å²) >= 11 is 5.51. The van der Waals surface area contributed by atoms with Crippen LogP contribution in [0.5, 0.6) is 0 Å². The molecule has 2 nitrogen and oxygen atoms in total. The molecule has 1 aliphatic heterocycles. The third-order valence-electron chi connectivity index (χ3n) is 3.63. The number of aliphatic hydroxyl groups excluding tert-OH is 1. The lowest BCUT2D eigenvalue weighted by Crippen LogP contribution is -2.45. The summed E-state index contributed by atoms with van der Waals surface area (Å²) < 4.78 is 1.02. The van der Waals surface area contributed by atoms with Crippen LogP contribution in [0.3, 0.4) is 0 Å². The van der Waals surface area contributed by atoms with Crippen molar-refractivity contribution in [2.45, 2.75) is 38.2 Å². The lowest BCUT2D eigenvalue weighted by atomic mass is 10.0. The average Bonchev–Trinajstić information content (AvgIpc) is 2.33. The van der Waals surface area contributed by atoms with Gasteiger partial charge in [-0.05, 0) is 32.0 Å². The molecule has 3 atom stereocenters. The Morgan fingerprint density at radius 2 is 2.17 bits per heavy atom. The first kappa shape index (κ1) is 14.2. The van der Waals surface area contributed by atoms with E-state index in [4.69, 9.17) is 0 Å². The molecule has 2 rings (SSSR count). The molecule has 0 bridgehead atoms. The number of aliphatic hydroxyl groups is 1. The minimum Gasteiger partial charge on any atom is -0.389 e. The van der Waals surface area contributed by atoms with Crippen LogP contribution in [0.25, 0.3) is 0 Å². The van der Waals surface area contributed by atoms with Gasteiger partial charge in [0.05, 0.1) is 6.10 Å². The van der Waals surface area contributed by atoms with Gasteiger partial charge in [-0.25, -0.2) is 0 Å². The summed E-state index contributed by atoms with van der Waals surface area (Å²) in [5, 5.41) is 10.6. The van der Waals surface area contributed by atoms with Crippen LogP contribution in [0.1, 0.15) is 32.4 Å². The summed E-state index contributed by atoms with van der Waals surface area (Å²) in [4.78, 5) is 2.43. The van der Waals surface area contributed by atoms with Crippen molar-refractivity contribution in [3.05, 3.63) is 28.2 Å². The van der Waals surface area contributed by atoms with Gasteiger partial charge in [0.15, 0.2) is 0 Å². The van der Waals surface area contributed by atoms with Crippen LogP contribution in [0, 0.1) is 0 Å². The second kappa shape index (κ2) is 5.85. The zero-order valence-corrected chi connectivity index (χ0v) is 13.5. The van der Waals surface area contributed by atoms with Gasteiger partial charge in [0.1, 0.15) is 0 Å². The van der Waals surface area contributed by atoms with E-state index < -0.39 is 6.10 Å². The lowest BCUT2D eigenvalue weighted by Gasteiger charge is -2.40. The smallest absolute Gasteiger partial charge is 0.0782 e. The number of halogens is 1. The number of hydrogen-bond donors (Lipinski definition) is 1. The Morgan fingerprint density at radius 3 is 2.83 bits per heavy atom. The highest BCUT2D eigenvalue weighted by Gasteiger charge is 2.27. The first-order valence-electron chi connectivity index (χ1n) is 6.36. The summed E-state index contributed by atoms with van der Waals surface area (Å²) in [5.74, 6) is 1.15. The van der Waals surface area contributed by atoms with Crippen LogP contribution in [0.4, 0.5) is 5.69 Å². The molecule has 0 aromatic heterocycles. The van der Waals surface area contributed by atoms with E-state index in [1.54, 1.807) is 0 Å². The molecular weight excluding hydrogens is 310 g/mol. The summed E-state index contributed by atoms with van der Waals surface area (Å²) in [6, 6.07) is 6.70. The Morgan fingerprint density at radius 1 is 1.44 bits per heavy atom. The Hall–Kier alpha value is -0.190. The molecule has 18 heavy (non-hydrogen) atoms. The maximum absolute atomic E-state index is 9.96. The number of nitrogens with zero attached hydrogens (tertiary/aromatic N) is 1. The predicted octanol–water partition coefficient (Wildman–Crippen LogP) is 3.83. The van der Waals surface area contributed by atoms with Gasteiger partial charge < -0.3 is 10.0 Å². The fourth-order valence-electron chi connectivity index (χ4n) is 2.39. The molecule has 4 heteroatoms. The fraction of sp³-hybridized carbons (Fsp3) is 0.571. The SMILES string of the molecule is CC(O)c1cc(Br)ccc1N1CCSC(C)C1C. The first-order chi connectivity index (χ1) is 8.50. The topological polar surface area (TPSA) is 23.5 Å². The van der Waals surface area contributed by atoms with Gasteiger partial charge >= 0.3 is 0 Å². The van der Waals surface area contributed by atoms with Crippen molar-refractivity contribution >= 4 is 33.4 Å². The number of benzene rings is 1. The van der Waals surface area contributed by atoms with E-state index in [0.29, 0.717) is 11.3 Å². The van der Waals surface area contributed by atoms with Gasteiger partial charge in [0.25, 0.3) is 0 Å². The van der Waals surface area contributed by atoms with Crippen molar-refractivity contribution in [3.63, 3.8) is 0 Å². The molecule has 1 aromatic rings. The van der Waals surface area contributed by atoms with Gasteiger partial charge in [-0.3, -0.25) is 0 Å². The van der Waals surface area contributed by atoms with Crippen molar-refractivity contribution < 1.29 is 5.11 Å². The normalized spacial score (nSPS) is 26.2. The average molecular weight is 330 g/mol. The molecule has 0 spiro atoms. The Balaban J connectivity index is 2.37. The molecule has 3 unspecified atom stereocenters. The second-order valence-electron chi connectivity index (χ2n) is 4.89. The third kappa shape index (κ3) is 2.86. The Bertz CT molecular complexity index is 424. The van der Waals surface area contributed by atoms with Crippen molar-refractivity contribution in [3.8, 4) is 0 Å². The first-order valence-corrected chi connectivity index (χ1v) is 8.20. The van der Waals surface area contributed by atoms with Gasteiger partial charge in [0, 0.05) is 39.3 Å². The van der Waals surface area contributed by atoms with Gasteiger partial charge in [-0.1, -0.05) is 22.9 Å². The van der Waals surface area contributed by atoms with E-state index >= 15 is 0 Å². The second-order valence-corrected chi connectivity index (χ2v) is 7.29. The van der Waals surface area contributed by atoms with Crippen molar-refractivity contribution in [1.82, 2.24) is 0 Å². The van der Waals surface area contributed by atoms with Gasteiger partial charge in [-0.15, -0.1) is 0 Å². The highest BCUT2D eigenvalue weighted by molar-refractivity contribution is 9.10. The largest absolute Gasteiger partial charge is 0.389 e. The number of rotatable bonds is 2. The summed E-state index contributed by atoms with van der Waals surface area (Å²) in [6.07, 6.45) is -0.436. The van der Waals surface area contributed by atoms with Crippen LogP contribution in [0.2, 0.25) is 0 Å². The lowest BCUT2D eigenvalue weighted by molar-refractivity contribution is 0.199. The van der Waals surface area contributed by atoms with Crippen LogP contribution in [-0.4, -0.2) is 28.7 Å². The number of hydrogen-bond acceptors (Lipinski definition) is 3. The predicted molar refractivity (Wildman–Crippen MR) is 83.5 cm³/mol. The van der Waals surface area contributed by atoms with E-state index in [9.17, 15) is 5.11 Å². The molecule has 1 aliphatic rings. The van der Waals surface area contributed by atoms with E-state index in [1.165, 1.54) is 5.69 Å². The van der Waals surface area contributed by atoms with Crippen LogP contribution in [-0.2, 0) is 0 Å². The quantitative estimate of drug-likeness (QED) is 0.891. The zero-order chi connectivity index (χ0) is 13.3. The summed E-state index contributed by atoms with van der Waals surface area (Å²) in [5.41, 5.74) is 2.18. The molecular formula is C14H20BrNOS. The van der Waals surface area contributed by atoms with E-state index in [2.05, 4.69) is 46.8 Å². The Kier molecular flexibility index (Phi) is 4.62. The maximum atomic E-state index is 9.96. The van der Waals surface area contributed by atoms with Crippen molar-refractivity contribution in [2.75, 3.05) is 17.2 Å². The van der Waals surface area contributed by atoms with Crippen molar-refractivity contribution in [2.24, 2.45) is 0 Å². The van der Waals surface area contributed by atoms with E-state index in [-0.39, 0.29) is 0 Å². The molecule has 0 saturated carbocycles. The van der Waals surface area contributed by atoms with E-state index in [0.717, 1.165) is 22.3 Å². The molecule has 1 saturated heterocycles. The van der Waals surface area contributed by atoms with Crippen LogP contribution in [0.15, 0.2) is 22.7 Å². The minimum atomic E-state index is -0.436.